The molecule has 2 aromatic heterocycles. The van der Waals surface area contributed by atoms with Crippen LogP contribution in [0.2, 0.25) is 0 Å². The van der Waals surface area contributed by atoms with Gasteiger partial charge in [-0.3, -0.25) is 9.59 Å². The number of fused-ring (bicyclic) bond motifs is 2. The number of carbonyl (C=O) groups is 2. The first-order valence-electron chi connectivity index (χ1n) is 12.2. The Kier molecular flexibility index (Phi) is 7.11. The molecular formula is C26H28N4O7. The van der Waals surface area contributed by atoms with Crippen molar-refractivity contribution in [2.45, 2.75) is 44.6 Å². The zero-order valence-electron chi connectivity index (χ0n) is 20.2. The number of anilines is 1. The number of aliphatic carboxylic acids is 2. The maximum Gasteiger partial charge on any atom is 0.325 e. The number of pyridine rings is 1. The molecule has 0 amide bonds. The summed E-state index contributed by atoms with van der Waals surface area (Å²) in [5.41, 5.74) is 3.39. The van der Waals surface area contributed by atoms with E-state index in [9.17, 15) is 19.8 Å². The number of aromatic nitrogens is 3. The van der Waals surface area contributed by atoms with E-state index in [0.29, 0.717) is 29.5 Å². The Labute approximate surface area is 213 Å². The number of hydrogen-bond acceptors (Lipinski definition) is 8. The SMILES string of the molecule is O=C(O)CC(Cc1cc(OCCc2ccc3c(n2)NCCC3)n(CC(=O)O)n1)c1ccc2c(c1)OCO2. The van der Waals surface area contributed by atoms with Crippen molar-refractivity contribution in [1.82, 2.24) is 14.8 Å². The van der Waals surface area contributed by atoms with Gasteiger partial charge in [0.2, 0.25) is 12.7 Å². The average molecular weight is 509 g/mol. The molecule has 1 unspecified atom stereocenters. The van der Waals surface area contributed by atoms with Crippen molar-refractivity contribution < 1.29 is 34.0 Å². The Hall–Kier alpha value is -4.28. The molecule has 194 valence electrons. The molecule has 0 saturated carbocycles. The molecule has 0 bridgehead atoms. The predicted octanol–water partition coefficient (Wildman–Crippen LogP) is 2.87. The maximum absolute atomic E-state index is 11.6. The normalized spacial score (nSPS) is 14.5. The number of carboxylic acids is 2. The Balaban J connectivity index is 1.30. The van der Waals surface area contributed by atoms with Crippen molar-refractivity contribution in [2.24, 2.45) is 0 Å². The summed E-state index contributed by atoms with van der Waals surface area (Å²) in [6.45, 7) is 0.952. The highest BCUT2D eigenvalue weighted by Crippen LogP contribution is 2.36. The van der Waals surface area contributed by atoms with Gasteiger partial charge in [-0.15, -0.1) is 0 Å². The molecule has 0 saturated heterocycles. The summed E-state index contributed by atoms with van der Waals surface area (Å²) in [5, 5.41) is 26.6. The Morgan fingerprint density at radius 3 is 2.78 bits per heavy atom. The van der Waals surface area contributed by atoms with Crippen molar-refractivity contribution in [3.05, 3.63) is 58.9 Å². The van der Waals surface area contributed by atoms with E-state index in [0.717, 1.165) is 36.5 Å². The molecule has 1 aromatic carbocycles. The number of nitrogens with zero attached hydrogens (tertiary/aromatic N) is 3. The molecule has 4 heterocycles. The number of hydrogen-bond donors (Lipinski definition) is 3. The molecule has 0 radical (unpaired) electrons. The summed E-state index contributed by atoms with van der Waals surface area (Å²) in [5.74, 6) is 0.00194. The highest BCUT2D eigenvalue weighted by atomic mass is 16.7. The molecule has 2 aliphatic rings. The van der Waals surface area contributed by atoms with E-state index in [2.05, 4.69) is 21.5 Å². The van der Waals surface area contributed by atoms with Crippen LogP contribution in [0.15, 0.2) is 36.4 Å². The minimum atomic E-state index is -1.06. The van der Waals surface area contributed by atoms with Crippen molar-refractivity contribution in [3.63, 3.8) is 0 Å². The first kappa shape index (κ1) is 24.4. The Morgan fingerprint density at radius 1 is 1.08 bits per heavy atom. The van der Waals surface area contributed by atoms with E-state index in [1.807, 2.05) is 12.1 Å². The summed E-state index contributed by atoms with van der Waals surface area (Å²) >= 11 is 0. The van der Waals surface area contributed by atoms with E-state index >= 15 is 0 Å². The fourth-order valence-corrected chi connectivity index (χ4v) is 4.61. The number of aryl methyl sites for hydroxylation is 1. The van der Waals surface area contributed by atoms with Gasteiger partial charge < -0.3 is 29.7 Å². The fourth-order valence-electron chi connectivity index (χ4n) is 4.61. The second-order valence-electron chi connectivity index (χ2n) is 9.08. The second-order valence-corrected chi connectivity index (χ2v) is 9.08. The highest BCUT2D eigenvalue weighted by Gasteiger charge is 2.23. The molecule has 3 aromatic rings. The number of ether oxygens (including phenoxy) is 3. The van der Waals surface area contributed by atoms with Gasteiger partial charge in [0.05, 0.1) is 18.7 Å². The van der Waals surface area contributed by atoms with Gasteiger partial charge >= 0.3 is 11.9 Å². The molecular weight excluding hydrogens is 480 g/mol. The van der Waals surface area contributed by atoms with Gasteiger partial charge in [0.1, 0.15) is 12.4 Å². The fraction of sp³-hybridized carbons (Fsp3) is 0.385. The minimum absolute atomic E-state index is 0.125. The first-order valence-corrected chi connectivity index (χ1v) is 12.2. The lowest BCUT2D eigenvalue weighted by Gasteiger charge is -2.17. The molecule has 5 rings (SSSR count). The second kappa shape index (κ2) is 10.8. The number of rotatable bonds is 11. The lowest BCUT2D eigenvalue weighted by molar-refractivity contribution is -0.138. The molecule has 0 spiro atoms. The third-order valence-electron chi connectivity index (χ3n) is 6.38. The van der Waals surface area contributed by atoms with Crippen LogP contribution in [0.4, 0.5) is 5.82 Å². The van der Waals surface area contributed by atoms with E-state index < -0.39 is 17.9 Å². The van der Waals surface area contributed by atoms with E-state index in [1.165, 1.54) is 10.2 Å². The van der Waals surface area contributed by atoms with Crippen LogP contribution >= 0.6 is 0 Å². The number of nitrogens with one attached hydrogen (secondary N) is 1. The van der Waals surface area contributed by atoms with Crippen LogP contribution in [0.25, 0.3) is 0 Å². The summed E-state index contributed by atoms with van der Waals surface area (Å²) in [6, 6.07) is 11.1. The van der Waals surface area contributed by atoms with Crippen molar-refractivity contribution in [1.29, 1.82) is 0 Å². The largest absolute Gasteiger partial charge is 0.481 e. The molecule has 3 N–H and O–H groups in total. The highest BCUT2D eigenvalue weighted by molar-refractivity contribution is 5.68. The van der Waals surface area contributed by atoms with Gasteiger partial charge in [0.15, 0.2) is 11.5 Å². The zero-order chi connectivity index (χ0) is 25.8. The number of benzene rings is 1. The molecule has 11 nitrogen and oxygen atoms in total. The third-order valence-corrected chi connectivity index (χ3v) is 6.38. The van der Waals surface area contributed by atoms with Gasteiger partial charge in [-0.05, 0) is 48.6 Å². The van der Waals surface area contributed by atoms with Crippen LogP contribution in [0.5, 0.6) is 17.4 Å². The van der Waals surface area contributed by atoms with Crippen LogP contribution in [0, 0.1) is 0 Å². The molecule has 0 fully saturated rings. The summed E-state index contributed by atoms with van der Waals surface area (Å²) in [6.07, 6.45) is 2.81. The molecule has 37 heavy (non-hydrogen) atoms. The van der Waals surface area contributed by atoms with Crippen LogP contribution in [-0.2, 0) is 35.4 Å². The van der Waals surface area contributed by atoms with Crippen LogP contribution < -0.4 is 19.5 Å². The molecule has 0 aliphatic carbocycles. The zero-order valence-corrected chi connectivity index (χ0v) is 20.2. The van der Waals surface area contributed by atoms with Crippen LogP contribution in [-0.4, -0.2) is 56.9 Å². The van der Waals surface area contributed by atoms with Crippen molar-refractivity contribution >= 4 is 17.8 Å². The van der Waals surface area contributed by atoms with Crippen LogP contribution in [0.3, 0.4) is 0 Å². The molecule has 11 heteroatoms. The monoisotopic (exact) mass is 508 g/mol. The van der Waals surface area contributed by atoms with E-state index in [1.54, 1.807) is 18.2 Å². The van der Waals surface area contributed by atoms with E-state index in [-0.39, 0.29) is 32.8 Å². The van der Waals surface area contributed by atoms with Gasteiger partial charge in [0, 0.05) is 30.6 Å². The van der Waals surface area contributed by atoms with Gasteiger partial charge in [-0.25, -0.2) is 9.67 Å². The van der Waals surface area contributed by atoms with Crippen LogP contribution in [0.1, 0.15) is 41.3 Å². The molecule has 2 aliphatic heterocycles. The van der Waals surface area contributed by atoms with Crippen molar-refractivity contribution in [3.8, 4) is 17.4 Å². The quantitative estimate of drug-likeness (QED) is 0.353. The van der Waals surface area contributed by atoms with Gasteiger partial charge in [-0.2, -0.15) is 5.10 Å². The maximum atomic E-state index is 11.6. The number of carboxylic acid groups (broad SMARTS) is 2. The average Bonchev–Trinajstić information content (AvgIpc) is 3.49. The standard InChI is InChI=1S/C26H28N4O7/c31-24(32)12-18(17-4-6-21-22(11-17)37-15-36-21)10-20-13-23(30(29-20)14-25(33)34)35-9-7-19-5-3-16-2-1-8-27-26(16)28-19/h3-6,11,13,18H,1-2,7-10,12,14-15H2,(H,27,28)(H,31,32)(H,33,34). The van der Waals surface area contributed by atoms with Crippen molar-refractivity contribution in [2.75, 3.05) is 25.3 Å². The van der Waals surface area contributed by atoms with E-state index in [4.69, 9.17) is 14.2 Å². The third kappa shape index (κ3) is 5.93. The summed E-state index contributed by atoms with van der Waals surface area (Å²) in [4.78, 5) is 27.7. The predicted molar refractivity (Wildman–Crippen MR) is 131 cm³/mol. The van der Waals surface area contributed by atoms with Gasteiger partial charge in [-0.1, -0.05) is 12.1 Å². The smallest absolute Gasteiger partial charge is 0.325 e. The lowest BCUT2D eigenvalue weighted by Crippen LogP contribution is -2.15. The Morgan fingerprint density at radius 2 is 1.95 bits per heavy atom. The summed E-state index contributed by atoms with van der Waals surface area (Å²) < 4.78 is 18.0. The Bertz CT molecular complexity index is 1310. The first-order chi connectivity index (χ1) is 17.9. The van der Waals surface area contributed by atoms with Gasteiger partial charge in [0.25, 0.3) is 0 Å². The molecule has 1 atom stereocenters. The minimum Gasteiger partial charge on any atom is -0.481 e. The lowest BCUT2D eigenvalue weighted by atomic mass is 9.91. The summed E-state index contributed by atoms with van der Waals surface area (Å²) in [7, 11) is 0. The topological polar surface area (TPSA) is 145 Å².